The van der Waals surface area contributed by atoms with Crippen molar-refractivity contribution in [3.05, 3.63) is 194 Å². The number of hydrogen-bond acceptors (Lipinski definition) is 6. The van der Waals surface area contributed by atoms with Gasteiger partial charge in [0.25, 0.3) is 0 Å². The number of furan rings is 2. The summed E-state index contributed by atoms with van der Waals surface area (Å²) in [6.45, 7) is 0. The lowest BCUT2D eigenvalue weighted by molar-refractivity contribution is 0.668. The predicted molar refractivity (Wildman–Crippen MR) is 231 cm³/mol. The van der Waals surface area contributed by atoms with Gasteiger partial charge in [0.15, 0.2) is 17.5 Å². The molecule has 0 saturated heterocycles. The van der Waals surface area contributed by atoms with Crippen molar-refractivity contribution >= 4 is 60.9 Å². The van der Waals surface area contributed by atoms with Crippen LogP contribution in [0.25, 0.3) is 89.2 Å². The van der Waals surface area contributed by atoms with Gasteiger partial charge < -0.3 is 13.7 Å². The Labute approximate surface area is 328 Å². The molecule has 0 saturated carbocycles. The largest absolute Gasteiger partial charge is 0.456 e. The van der Waals surface area contributed by atoms with Crippen molar-refractivity contribution in [2.75, 3.05) is 4.90 Å². The minimum Gasteiger partial charge on any atom is -0.456 e. The number of hydrogen-bond donors (Lipinski definition) is 0. The van der Waals surface area contributed by atoms with Crippen LogP contribution in [-0.2, 0) is 0 Å². The van der Waals surface area contributed by atoms with Crippen molar-refractivity contribution in [2.45, 2.75) is 0 Å². The van der Waals surface area contributed by atoms with Crippen LogP contribution in [0, 0.1) is 0 Å². The molecule has 268 valence electrons. The Kier molecular flexibility index (Phi) is 7.71. The molecule has 0 bridgehead atoms. The summed E-state index contributed by atoms with van der Waals surface area (Å²) in [5.74, 6) is 1.74. The van der Waals surface area contributed by atoms with E-state index in [0.717, 1.165) is 88.8 Å². The Morgan fingerprint density at radius 2 is 0.807 bits per heavy atom. The summed E-state index contributed by atoms with van der Waals surface area (Å²) in [6.07, 6.45) is 0. The van der Waals surface area contributed by atoms with Gasteiger partial charge in [-0.1, -0.05) is 140 Å². The fraction of sp³-hybridized carbons (Fsp3) is 0. The Hall–Kier alpha value is -7.83. The molecule has 0 atom stereocenters. The van der Waals surface area contributed by atoms with Crippen LogP contribution in [0.3, 0.4) is 0 Å². The highest BCUT2D eigenvalue weighted by Gasteiger charge is 2.23. The molecule has 0 N–H and O–H groups in total. The molecule has 57 heavy (non-hydrogen) atoms. The third kappa shape index (κ3) is 5.79. The van der Waals surface area contributed by atoms with Crippen LogP contribution in [0.2, 0.25) is 0 Å². The topological polar surface area (TPSA) is 68.2 Å². The average Bonchev–Trinajstić information content (AvgIpc) is 3.85. The van der Waals surface area contributed by atoms with Gasteiger partial charge in [0, 0.05) is 55.7 Å². The molecule has 0 aliphatic rings. The quantitative estimate of drug-likeness (QED) is 0.162. The normalized spacial score (nSPS) is 11.5. The van der Waals surface area contributed by atoms with Crippen molar-refractivity contribution in [1.82, 2.24) is 15.0 Å². The first-order valence-corrected chi connectivity index (χ1v) is 18.9. The number of aromatic nitrogens is 3. The van der Waals surface area contributed by atoms with Gasteiger partial charge in [-0.25, -0.2) is 15.0 Å². The van der Waals surface area contributed by atoms with Crippen molar-refractivity contribution in [3.63, 3.8) is 0 Å². The third-order valence-corrected chi connectivity index (χ3v) is 10.5. The van der Waals surface area contributed by atoms with E-state index >= 15 is 0 Å². The molecule has 8 aromatic carbocycles. The maximum Gasteiger partial charge on any atom is 0.164 e. The third-order valence-electron chi connectivity index (χ3n) is 10.5. The molecule has 0 spiro atoms. The van der Waals surface area contributed by atoms with Crippen LogP contribution in [0.15, 0.2) is 203 Å². The molecule has 3 heterocycles. The predicted octanol–water partition coefficient (Wildman–Crippen LogP) is 13.8. The SMILES string of the molecule is c1ccc(-c2ccc(N(c3cc(-c4nc(-c5ccccc5)nc(-c5ccccc5)n4)c4c(c3)oc3ccccc34)c3ccc4oc5ccccc5c4c3)cc2)cc1. The zero-order valence-corrected chi connectivity index (χ0v) is 30.6. The number of para-hydroxylation sites is 2. The number of anilines is 3. The molecule has 0 aliphatic carbocycles. The van der Waals surface area contributed by atoms with Crippen LogP contribution in [0.1, 0.15) is 0 Å². The molecule has 3 aromatic heterocycles. The Morgan fingerprint density at radius 3 is 1.47 bits per heavy atom. The van der Waals surface area contributed by atoms with Crippen molar-refractivity contribution < 1.29 is 8.83 Å². The summed E-state index contributed by atoms with van der Waals surface area (Å²) >= 11 is 0. The highest BCUT2D eigenvalue weighted by molar-refractivity contribution is 6.13. The Morgan fingerprint density at radius 1 is 0.316 bits per heavy atom. The maximum atomic E-state index is 6.69. The van der Waals surface area contributed by atoms with E-state index in [4.69, 9.17) is 23.8 Å². The van der Waals surface area contributed by atoms with Crippen molar-refractivity contribution in [3.8, 4) is 45.3 Å². The van der Waals surface area contributed by atoms with Gasteiger partial charge >= 0.3 is 0 Å². The molecule has 0 fully saturated rings. The first kappa shape index (κ1) is 32.6. The van der Waals surface area contributed by atoms with E-state index in [-0.39, 0.29) is 0 Å². The number of rotatable bonds is 7. The Balaban J connectivity index is 1.18. The summed E-state index contributed by atoms with van der Waals surface area (Å²) in [7, 11) is 0. The van der Waals surface area contributed by atoms with E-state index in [9.17, 15) is 0 Å². The van der Waals surface area contributed by atoms with E-state index in [0.29, 0.717) is 17.5 Å². The highest BCUT2D eigenvalue weighted by atomic mass is 16.3. The van der Waals surface area contributed by atoms with E-state index in [2.05, 4.69) is 95.9 Å². The summed E-state index contributed by atoms with van der Waals surface area (Å²) < 4.78 is 13.0. The highest BCUT2D eigenvalue weighted by Crippen LogP contribution is 2.45. The van der Waals surface area contributed by atoms with E-state index in [1.165, 1.54) is 0 Å². The second-order valence-corrected chi connectivity index (χ2v) is 14.0. The number of fused-ring (bicyclic) bond motifs is 6. The van der Waals surface area contributed by atoms with Crippen LogP contribution >= 0.6 is 0 Å². The van der Waals surface area contributed by atoms with Gasteiger partial charge in [-0.05, 0) is 59.7 Å². The Bertz CT molecular complexity index is 3170. The molecular weight excluding hydrogens is 701 g/mol. The minimum atomic E-state index is 0.553. The van der Waals surface area contributed by atoms with Gasteiger partial charge in [-0.2, -0.15) is 0 Å². The van der Waals surface area contributed by atoms with Gasteiger partial charge in [0.05, 0.1) is 5.69 Å². The van der Waals surface area contributed by atoms with Crippen LogP contribution in [-0.4, -0.2) is 15.0 Å². The lowest BCUT2D eigenvalue weighted by Crippen LogP contribution is -2.10. The van der Waals surface area contributed by atoms with Gasteiger partial charge in [0.2, 0.25) is 0 Å². The first-order chi connectivity index (χ1) is 28.2. The van der Waals surface area contributed by atoms with E-state index in [1.54, 1.807) is 0 Å². The van der Waals surface area contributed by atoms with Crippen LogP contribution in [0.5, 0.6) is 0 Å². The lowest BCUT2D eigenvalue weighted by atomic mass is 10.0. The first-order valence-electron chi connectivity index (χ1n) is 18.9. The second-order valence-electron chi connectivity index (χ2n) is 14.0. The fourth-order valence-electron chi connectivity index (χ4n) is 7.81. The van der Waals surface area contributed by atoms with Crippen molar-refractivity contribution in [1.29, 1.82) is 0 Å². The molecule has 11 aromatic rings. The molecular formula is C51H32N4O2. The fourth-order valence-corrected chi connectivity index (χ4v) is 7.81. The van der Waals surface area contributed by atoms with E-state index < -0.39 is 0 Å². The molecule has 0 unspecified atom stereocenters. The zero-order chi connectivity index (χ0) is 37.7. The van der Waals surface area contributed by atoms with Crippen LogP contribution in [0.4, 0.5) is 17.1 Å². The summed E-state index contributed by atoms with van der Waals surface area (Å²) in [4.78, 5) is 17.7. The molecule has 6 nitrogen and oxygen atoms in total. The van der Waals surface area contributed by atoms with Gasteiger partial charge in [0.1, 0.15) is 22.3 Å². The lowest BCUT2D eigenvalue weighted by Gasteiger charge is -2.26. The molecule has 0 radical (unpaired) electrons. The van der Waals surface area contributed by atoms with Gasteiger partial charge in [-0.15, -0.1) is 0 Å². The standard InChI is InChI=1S/C51H32N4O2/c1-4-14-33(15-5-1)34-24-26-37(27-25-34)55(38-28-29-46-42(30-38)40-20-10-12-22-44(40)56-46)39-31-43(48-41-21-11-13-23-45(41)57-47(48)32-39)51-53-49(35-16-6-2-7-17-35)52-50(54-51)36-18-8-3-9-19-36/h1-32H. The molecule has 0 aliphatic heterocycles. The average molecular weight is 733 g/mol. The molecule has 6 heteroatoms. The molecule has 0 amide bonds. The maximum absolute atomic E-state index is 6.69. The number of nitrogens with zero attached hydrogens (tertiary/aromatic N) is 4. The molecule has 11 rings (SSSR count). The van der Waals surface area contributed by atoms with E-state index in [1.807, 2.05) is 103 Å². The zero-order valence-electron chi connectivity index (χ0n) is 30.6. The van der Waals surface area contributed by atoms with Crippen LogP contribution < -0.4 is 4.90 Å². The summed E-state index contributed by atoms with van der Waals surface area (Å²) in [5.41, 5.74) is 11.0. The summed E-state index contributed by atoms with van der Waals surface area (Å²) in [5, 5.41) is 4.03. The second kappa shape index (κ2) is 13.5. The summed E-state index contributed by atoms with van der Waals surface area (Å²) in [6, 6.07) is 66.3. The monoisotopic (exact) mass is 732 g/mol. The number of benzene rings is 8. The minimum absolute atomic E-state index is 0.553. The smallest absolute Gasteiger partial charge is 0.164 e. The van der Waals surface area contributed by atoms with Crippen molar-refractivity contribution in [2.24, 2.45) is 0 Å². The van der Waals surface area contributed by atoms with Gasteiger partial charge in [-0.3, -0.25) is 0 Å².